The summed E-state index contributed by atoms with van der Waals surface area (Å²) in [4.78, 5) is 26.8. The summed E-state index contributed by atoms with van der Waals surface area (Å²) < 4.78 is 25.0. The lowest BCUT2D eigenvalue weighted by molar-refractivity contribution is -0.198. The molecule has 1 aromatic rings. The fraction of sp³-hybridized carbons (Fsp3) is 0.500. The first kappa shape index (κ1) is 16.1. The van der Waals surface area contributed by atoms with Crippen molar-refractivity contribution in [2.75, 3.05) is 19.8 Å². The van der Waals surface area contributed by atoms with Gasteiger partial charge in [-0.15, -0.1) is 0 Å². The Bertz CT molecular complexity index is 542. The summed E-state index contributed by atoms with van der Waals surface area (Å²) >= 11 is 0. The highest BCUT2D eigenvalue weighted by molar-refractivity contribution is 7.57. The molecule has 116 valence electrons. The second-order valence-corrected chi connectivity index (χ2v) is 7.74. The van der Waals surface area contributed by atoms with Crippen LogP contribution in [0.3, 0.4) is 0 Å². The maximum Gasteiger partial charge on any atom is 0.246 e. The lowest BCUT2D eigenvalue weighted by Crippen LogP contribution is -2.36. The molecular formula is C14H19FNO4P. The minimum absolute atomic E-state index is 0.108. The molecule has 5 nitrogen and oxygen atoms in total. The van der Waals surface area contributed by atoms with Crippen LogP contribution in [0.2, 0.25) is 0 Å². The number of hydrogen-bond acceptors (Lipinski definition) is 3. The van der Waals surface area contributed by atoms with Crippen LogP contribution in [-0.4, -0.2) is 35.7 Å². The monoisotopic (exact) mass is 315 g/mol. The van der Waals surface area contributed by atoms with Crippen molar-refractivity contribution >= 4 is 13.3 Å². The summed E-state index contributed by atoms with van der Waals surface area (Å²) in [6.45, 7) is 2.01. The van der Waals surface area contributed by atoms with E-state index in [0.717, 1.165) is 0 Å². The number of nitrogens with zero attached hydrogens (tertiary/aromatic N) is 1. The predicted molar refractivity (Wildman–Crippen MR) is 76.4 cm³/mol. The van der Waals surface area contributed by atoms with Gasteiger partial charge >= 0.3 is 0 Å². The number of hydroxylamine groups is 2. The van der Waals surface area contributed by atoms with E-state index < -0.39 is 18.8 Å². The molecular weight excluding hydrogens is 296 g/mol. The molecule has 0 spiro atoms. The molecule has 0 saturated carbocycles. The molecule has 7 heteroatoms. The van der Waals surface area contributed by atoms with Crippen LogP contribution in [0.1, 0.15) is 30.5 Å². The lowest BCUT2D eigenvalue weighted by atomic mass is 10.1. The van der Waals surface area contributed by atoms with E-state index in [-0.39, 0.29) is 12.5 Å². The summed E-state index contributed by atoms with van der Waals surface area (Å²) in [5, 5.41) is 1.26. The van der Waals surface area contributed by atoms with E-state index in [9.17, 15) is 18.6 Å². The van der Waals surface area contributed by atoms with Crippen molar-refractivity contribution in [1.82, 2.24) is 5.06 Å². The molecule has 0 bridgehead atoms. The van der Waals surface area contributed by atoms with E-state index in [1.807, 2.05) is 0 Å². The summed E-state index contributed by atoms with van der Waals surface area (Å²) in [7, 11) is -3.42. The van der Waals surface area contributed by atoms with Gasteiger partial charge in [0, 0.05) is 19.6 Å². The molecule has 1 N–H and O–H groups in total. The molecule has 2 atom stereocenters. The van der Waals surface area contributed by atoms with Gasteiger partial charge in [-0.1, -0.05) is 12.1 Å². The van der Waals surface area contributed by atoms with Crippen LogP contribution in [0.5, 0.6) is 0 Å². The Hall–Kier alpha value is -1.23. The van der Waals surface area contributed by atoms with Gasteiger partial charge in [-0.25, -0.2) is 9.45 Å². The molecule has 0 aromatic heterocycles. The molecule has 21 heavy (non-hydrogen) atoms. The van der Waals surface area contributed by atoms with Crippen molar-refractivity contribution in [3.63, 3.8) is 0 Å². The largest absolute Gasteiger partial charge is 0.344 e. The van der Waals surface area contributed by atoms with Gasteiger partial charge in [0.15, 0.2) is 0 Å². The molecule has 2 unspecified atom stereocenters. The molecule has 1 fully saturated rings. The molecule has 0 aliphatic carbocycles. The smallest absolute Gasteiger partial charge is 0.246 e. The molecule has 1 heterocycles. The van der Waals surface area contributed by atoms with Gasteiger partial charge in [0.25, 0.3) is 0 Å². The van der Waals surface area contributed by atoms with E-state index in [4.69, 9.17) is 4.84 Å². The van der Waals surface area contributed by atoms with E-state index in [1.54, 1.807) is 0 Å². The molecule has 0 radical (unpaired) electrons. The van der Waals surface area contributed by atoms with Gasteiger partial charge in [0.05, 0.1) is 12.3 Å². The van der Waals surface area contributed by atoms with E-state index in [2.05, 4.69) is 0 Å². The van der Waals surface area contributed by atoms with Gasteiger partial charge < -0.3 is 4.89 Å². The Morgan fingerprint density at radius 2 is 2.10 bits per heavy atom. The van der Waals surface area contributed by atoms with Crippen LogP contribution >= 0.6 is 7.37 Å². The fourth-order valence-electron chi connectivity index (χ4n) is 2.39. The highest BCUT2D eigenvalue weighted by atomic mass is 31.2. The third-order valence-corrected chi connectivity index (χ3v) is 5.21. The highest BCUT2D eigenvalue weighted by Crippen LogP contribution is 2.54. The normalized spacial score (nSPS) is 20.1. The SMILES string of the molecule is CP(=O)(O)C(CCN1OCCCC1=O)c1ccc(F)cc1. The first-order valence-electron chi connectivity index (χ1n) is 6.86. The molecule has 1 aliphatic rings. The predicted octanol–water partition coefficient (Wildman–Crippen LogP) is 2.71. The van der Waals surface area contributed by atoms with Gasteiger partial charge in [-0.3, -0.25) is 14.2 Å². The second-order valence-electron chi connectivity index (χ2n) is 5.23. The third-order valence-electron chi connectivity index (χ3n) is 3.50. The highest BCUT2D eigenvalue weighted by Gasteiger charge is 2.29. The zero-order valence-electron chi connectivity index (χ0n) is 11.9. The topological polar surface area (TPSA) is 66.8 Å². The lowest BCUT2D eigenvalue weighted by Gasteiger charge is -2.28. The van der Waals surface area contributed by atoms with Gasteiger partial charge in [0.1, 0.15) is 5.82 Å². The average molecular weight is 315 g/mol. The van der Waals surface area contributed by atoms with Crippen LogP contribution in [0.15, 0.2) is 24.3 Å². The molecule has 1 amide bonds. The Balaban J connectivity index is 2.08. The Kier molecular flexibility index (Phi) is 5.14. The van der Waals surface area contributed by atoms with Crippen LogP contribution in [-0.2, 0) is 14.2 Å². The fourth-order valence-corrected chi connectivity index (χ4v) is 3.71. The number of halogens is 1. The number of carbonyl (C=O) groups is 1. The average Bonchev–Trinajstić information content (AvgIpc) is 2.41. The number of rotatable bonds is 5. The first-order chi connectivity index (χ1) is 9.88. The number of carbonyl (C=O) groups excluding carboxylic acids is 1. The van der Waals surface area contributed by atoms with Crippen molar-refractivity contribution < 1.29 is 23.5 Å². The third kappa shape index (κ3) is 4.37. The van der Waals surface area contributed by atoms with Crippen LogP contribution in [0.4, 0.5) is 4.39 Å². The van der Waals surface area contributed by atoms with E-state index >= 15 is 0 Å². The van der Waals surface area contributed by atoms with Gasteiger partial charge in [-0.2, -0.15) is 0 Å². The van der Waals surface area contributed by atoms with Crippen LogP contribution in [0.25, 0.3) is 0 Å². The van der Waals surface area contributed by atoms with Crippen LogP contribution < -0.4 is 0 Å². The van der Waals surface area contributed by atoms with Gasteiger partial charge in [-0.05, 0) is 30.5 Å². The van der Waals surface area contributed by atoms with Crippen molar-refractivity contribution in [3.05, 3.63) is 35.6 Å². The summed E-state index contributed by atoms with van der Waals surface area (Å²) in [6.07, 6.45) is 1.43. The Morgan fingerprint density at radius 1 is 1.43 bits per heavy atom. The van der Waals surface area contributed by atoms with Crippen molar-refractivity contribution in [2.24, 2.45) is 0 Å². The Morgan fingerprint density at radius 3 is 2.67 bits per heavy atom. The summed E-state index contributed by atoms with van der Waals surface area (Å²) in [6, 6.07) is 5.54. The minimum Gasteiger partial charge on any atom is -0.344 e. The number of hydrogen-bond donors (Lipinski definition) is 1. The maximum atomic E-state index is 13.0. The standard InChI is InChI=1S/C14H19FNO4P/c1-21(18,19)13(11-4-6-12(15)7-5-11)8-9-16-14(17)3-2-10-20-16/h4-7,13H,2-3,8-10H2,1H3,(H,18,19). The van der Waals surface area contributed by atoms with E-state index in [1.165, 1.54) is 36.0 Å². The zero-order valence-corrected chi connectivity index (χ0v) is 12.8. The quantitative estimate of drug-likeness (QED) is 0.848. The number of amides is 1. The maximum absolute atomic E-state index is 13.0. The Labute approximate surface area is 123 Å². The molecule has 1 saturated heterocycles. The van der Waals surface area contributed by atoms with Gasteiger partial charge in [0.2, 0.25) is 13.3 Å². The molecule has 1 aliphatic heterocycles. The summed E-state index contributed by atoms with van der Waals surface area (Å²) in [5.74, 6) is -0.501. The van der Waals surface area contributed by atoms with Crippen molar-refractivity contribution in [1.29, 1.82) is 0 Å². The van der Waals surface area contributed by atoms with Crippen molar-refractivity contribution in [3.8, 4) is 0 Å². The van der Waals surface area contributed by atoms with Crippen molar-refractivity contribution in [2.45, 2.75) is 24.9 Å². The molecule has 1 aromatic carbocycles. The second kappa shape index (κ2) is 6.69. The van der Waals surface area contributed by atoms with Crippen LogP contribution in [0, 0.1) is 5.82 Å². The van der Waals surface area contributed by atoms with E-state index in [0.29, 0.717) is 31.4 Å². The number of benzene rings is 1. The molecule has 2 rings (SSSR count). The first-order valence-corrected chi connectivity index (χ1v) is 9.04. The minimum atomic E-state index is -3.42. The summed E-state index contributed by atoms with van der Waals surface area (Å²) in [5.41, 5.74) is -0.0504. The zero-order chi connectivity index (χ0) is 15.5.